The van der Waals surface area contributed by atoms with Gasteiger partial charge in [0.2, 0.25) is 5.91 Å². The van der Waals surface area contributed by atoms with Crippen molar-refractivity contribution >= 4 is 29.5 Å². The molecular formula is C20H25N5O2S. The Hall–Kier alpha value is -2.74. The first-order valence-corrected chi connectivity index (χ1v) is 9.93. The van der Waals surface area contributed by atoms with Crippen molar-refractivity contribution in [3.05, 3.63) is 56.7 Å². The van der Waals surface area contributed by atoms with E-state index in [0.717, 1.165) is 24.4 Å². The number of carbonyl (C=O) groups is 1. The molecule has 0 saturated carbocycles. The smallest absolute Gasteiger partial charge is 0.251 e. The zero-order valence-electron chi connectivity index (χ0n) is 16.0. The van der Waals surface area contributed by atoms with Gasteiger partial charge in [-0.25, -0.2) is 5.43 Å². The maximum absolute atomic E-state index is 12.1. The predicted molar refractivity (Wildman–Crippen MR) is 113 cm³/mol. The van der Waals surface area contributed by atoms with E-state index >= 15 is 0 Å². The highest BCUT2D eigenvalue weighted by molar-refractivity contribution is 7.71. The van der Waals surface area contributed by atoms with Gasteiger partial charge in [-0.05, 0) is 49.7 Å². The second kappa shape index (κ2) is 9.45. The van der Waals surface area contributed by atoms with E-state index in [0.29, 0.717) is 5.69 Å². The highest BCUT2D eigenvalue weighted by atomic mass is 32.1. The van der Waals surface area contributed by atoms with E-state index < -0.39 is 0 Å². The fourth-order valence-corrected chi connectivity index (χ4v) is 3.51. The van der Waals surface area contributed by atoms with Crippen molar-refractivity contribution < 1.29 is 4.79 Å². The summed E-state index contributed by atoms with van der Waals surface area (Å²) >= 11 is 4.90. The fourth-order valence-electron chi connectivity index (χ4n) is 3.28. The van der Waals surface area contributed by atoms with Crippen LogP contribution in [0.1, 0.15) is 43.9 Å². The first-order chi connectivity index (χ1) is 13.5. The van der Waals surface area contributed by atoms with Crippen molar-refractivity contribution in [2.45, 2.75) is 39.0 Å². The molecular weight excluding hydrogens is 374 g/mol. The van der Waals surface area contributed by atoms with E-state index in [2.05, 4.69) is 37.5 Å². The molecule has 0 unspecified atom stereocenters. The summed E-state index contributed by atoms with van der Waals surface area (Å²) in [6.07, 6.45) is 5.10. The fraction of sp³-hybridized carbons (Fsp3) is 0.400. The monoisotopic (exact) mass is 399 g/mol. The van der Waals surface area contributed by atoms with Gasteiger partial charge in [-0.15, -0.1) is 0 Å². The SMILES string of the molecule is C/C(=N/NC(=O)Cc1cc(=O)[nH]c(=S)[nH]1)c1ccc(N2CCCCCC2)cc1. The zero-order chi connectivity index (χ0) is 19.9. The summed E-state index contributed by atoms with van der Waals surface area (Å²) in [5.74, 6) is -0.322. The van der Waals surface area contributed by atoms with Gasteiger partial charge >= 0.3 is 0 Å². The number of H-pyrrole nitrogens is 2. The van der Waals surface area contributed by atoms with Crippen molar-refractivity contribution in [1.29, 1.82) is 0 Å². The molecule has 1 fully saturated rings. The summed E-state index contributed by atoms with van der Waals surface area (Å²) in [6.45, 7) is 4.06. The predicted octanol–water partition coefficient (Wildman–Crippen LogP) is 2.90. The molecule has 0 bridgehead atoms. The Bertz CT molecular complexity index is 925. The van der Waals surface area contributed by atoms with Crippen LogP contribution >= 0.6 is 12.2 Å². The van der Waals surface area contributed by atoms with Crippen LogP contribution in [0.3, 0.4) is 0 Å². The lowest BCUT2D eigenvalue weighted by molar-refractivity contribution is -0.120. The van der Waals surface area contributed by atoms with Gasteiger partial charge in [0, 0.05) is 30.5 Å². The van der Waals surface area contributed by atoms with Crippen molar-refractivity contribution in [3.8, 4) is 0 Å². The van der Waals surface area contributed by atoms with Crippen LogP contribution in [-0.2, 0) is 11.2 Å². The maximum atomic E-state index is 12.1. The number of hydrogen-bond acceptors (Lipinski definition) is 5. The van der Waals surface area contributed by atoms with Gasteiger partial charge in [0.05, 0.1) is 12.1 Å². The first kappa shape index (κ1) is 20.0. The Labute approximate surface area is 168 Å². The van der Waals surface area contributed by atoms with Gasteiger partial charge in [-0.1, -0.05) is 25.0 Å². The standard InChI is InChI=1S/C20H25N5O2S/c1-14(23-24-19(27)13-16-12-18(26)22-20(28)21-16)15-6-8-17(9-7-15)25-10-4-2-3-5-11-25/h6-9,12H,2-5,10-11,13H2,1H3,(H,24,27)(H2,21,22,26,28)/b23-14-. The Morgan fingerprint density at radius 1 is 1.14 bits per heavy atom. The molecule has 148 valence electrons. The first-order valence-electron chi connectivity index (χ1n) is 9.52. The number of hydrogen-bond donors (Lipinski definition) is 3. The van der Waals surface area contributed by atoms with Crippen LogP contribution < -0.4 is 15.9 Å². The molecule has 0 aliphatic carbocycles. The maximum Gasteiger partial charge on any atom is 0.251 e. The molecule has 0 spiro atoms. The molecule has 8 heteroatoms. The van der Waals surface area contributed by atoms with Crippen molar-refractivity contribution in [2.24, 2.45) is 5.10 Å². The van der Waals surface area contributed by atoms with E-state index in [4.69, 9.17) is 12.2 Å². The second-order valence-corrected chi connectivity index (χ2v) is 7.38. The number of amides is 1. The lowest BCUT2D eigenvalue weighted by atomic mass is 10.1. The van der Waals surface area contributed by atoms with Crippen LogP contribution in [-0.4, -0.2) is 34.7 Å². The molecule has 1 amide bonds. The molecule has 1 saturated heterocycles. The van der Waals surface area contributed by atoms with Crippen LogP contribution in [0.4, 0.5) is 5.69 Å². The molecule has 28 heavy (non-hydrogen) atoms. The normalized spacial score (nSPS) is 15.2. The molecule has 1 aliphatic rings. The van der Waals surface area contributed by atoms with Gasteiger partial charge in [0.25, 0.3) is 5.56 Å². The Balaban J connectivity index is 1.60. The van der Waals surface area contributed by atoms with Gasteiger partial charge in [0.15, 0.2) is 4.77 Å². The molecule has 0 atom stereocenters. The van der Waals surface area contributed by atoms with Crippen molar-refractivity contribution in [1.82, 2.24) is 15.4 Å². The van der Waals surface area contributed by atoms with Crippen molar-refractivity contribution in [2.75, 3.05) is 18.0 Å². The molecule has 1 aromatic carbocycles. The van der Waals surface area contributed by atoms with Crippen LogP contribution in [0.25, 0.3) is 0 Å². The van der Waals surface area contributed by atoms with E-state index in [1.54, 1.807) is 0 Å². The molecule has 2 heterocycles. The third-order valence-corrected chi connectivity index (χ3v) is 4.98. The topological polar surface area (TPSA) is 93.3 Å². The van der Waals surface area contributed by atoms with Crippen LogP contribution in [0, 0.1) is 4.77 Å². The summed E-state index contributed by atoms with van der Waals surface area (Å²) in [5, 5.41) is 4.17. The van der Waals surface area contributed by atoms with Crippen LogP contribution in [0.15, 0.2) is 40.2 Å². The minimum absolute atomic E-state index is 0.00175. The number of anilines is 1. The average molecular weight is 400 g/mol. The van der Waals surface area contributed by atoms with Gasteiger partial charge in [-0.3, -0.25) is 14.6 Å². The largest absolute Gasteiger partial charge is 0.372 e. The third-order valence-electron chi connectivity index (χ3n) is 4.77. The zero-order valence-corrected chi connectivity index (χ0v) is 16.8. The van der Waals surface area contributed by atoms with E-state index in [1.165, 1.54) is 37.4 Å². The number of aromatic nitrogens is 2. The summed E-state index contributed by atoms with van der Waals surface area (Å²) in [5.41, 5.74) is 5.53. The van der Waals surface area contributed by atoms with Crippen molar-refractivity contribution in [3.63, 3.8) is 0 Å². The number of carbonyl (C=O) groups excluding carboxylic acids is 1. The number of nitrogens with one attached hydrogen (secondary N) is 3. The van der Waals surface area contributed by atoms with Gasteiger partial charge in [0.1, 0.15) is 0 Å². The van der Waals surface area contributed by atoms with Crippen LogP contribution in [0.2, 0.25) is 0 Å². The highest BCUT2D eigenvalue weighted by Gasteiger charge is 2.10. The second-order valence-electron chi connectivity index (χ2n) is 6.97. The lowest BCUT2D eigenvalue weighted by Crippen LogP contribution is -2.24. The average Bonchev–Trinajstić information content (AvgIpc) is 2.95. The number of rotatable bonds is 5. The number of nitrogens with zero attached hydrogens (tertiary/aromatic N) is 2. The number of hydrazone groups is 1. The molecule has 2 aromatic rings. The molecule has 1 aromatic heterocycles. The Kier molecular flexibility index (Phi) is 6.76. The van der Waals surface area contributed by atoms with Gasteiger partial charge < -0.3 is 9.88 Å². The Morgan fingerprint density at radius 2 is 1.82 bits per heavy atom. The summed E-state index contributed by atoms with van der Waals surface area (Å²) in [6, 6.07) is 9.58. The van der Waals surface area contributed by atoms with E-state index in [9.17, 15) is 9.59 Å². The number of aromatic amines is 2. The summed E-state index contributed by atoms with van der Waals surface area (Å²) in [7, 11) is 0. The molecule has 7 nitrogen and oxygen atoms in total. The molecule has 1 aliphatic heterocycles. The molecule has 3 N–H and O–H groups in total. The summed E-state index contributed by atoms with van der Waals surface area (Å²) in [4.78, 5) is 31.1. The highest BCUT2D eigenvalue weighted by Crippen LogP contribution is 2.20. The molecule has 0 radical (unpaired) electrons. The van der Waals surface area contributed by atoms with E-state index in [1.807, 2.05) is 19.1 Å². The Morgan fingerprint density at radius 3 is 2.46 bits per heavy atom. The number of benzene rings is 1. The lowest BCUT2D eigenvalue weighted by Gasteiger charge is -2.22. The van der Waals surface area contributed by atoms with E-state index in [-0.39, 0.29) is 22.7 Å². The molecule has 3 rings (SSSR count). The minimum Gasteiger partial charge on any atom is -0.372 e. The van der Waals surface area contributed by atoms with Gasteiger partial charge in [-0.2, -0.15) is 5.10 Å². The van der Waals surface area contributed by atoms with Crippen LogP contribution in [0.5, 0.6) is 0 Å². The summed E-state index contributed by atoms with van der Waals surface area (Å²) < 4.78 is 0.194. The quantitative estimate of drug-likeness (QED) is 0.409. The minimum atomic E-state index is -0.337. The third kappa shape index (κ3) is 5.63.